The second-order valence-corrected chi connectivity index (χ2v) is 5.76. The summed E-state index contributed by atoms with van der Waals surface area (Å²) in [6.45, 7) is 1.87. The summed E-state index contributed by atoms with van der Waals surface area (Å²) in [5.41, 5.74) is 7.44. The number of aromatic nitrogens is 4. The Hall–Kier alpha value is -1.60. The molecule has 0 radical (unpaired) electrons. The maximum absolute atomic E-state index is 5.73. The highest BCUT2D eigenvalue weighted by Crippen LogP contribution is 2.33. The summed E-state index contributed by atoms with van der Waals surface area (Å²) in [6, 6.07) is 5.71. The number of aromatic amines is 1. The highest BCUT2D eigenvalue weighted by molar-refractivity contribution is 8.01. The van der Waals surface area contributed by atoms with Crippen molar-refractivity contribution in [2.24, 2.45) is 0 Å². The van der Waals surface area contributed by atoms with Crippen molar-refractivity contribution in [3.63, 3.8) is 0 Å². The number of nitrogens with two attached hydrogens (primary N) is 1. The monoisotopic (exact) mass is 263 g/mol. The van der Waals surface area contributed by atoms with E-state index in [9.17, 15) is 0 Å². The highest BCUT2D eigenvalue weighted by Gasteiger charge is 2.08. The summed E-state index contributed by atoms with van der Waals surface area (Å²) >= 11 is 3.05. The fourth-order valence-electron chi connectivity index (χ4n) is 1.41. The molecule has 7 heteroatoms. The molecule has 0 atom stereocenters. The van der Waals surface area contributed by atoms with E-state index in [-0.39, 0.29) is 0 Å². The van der Waals surface area contributed by atoms with E-state index in [1.165, 1.54) is 11.8 Å². The van der Waals surface area contributed by atoms with Crippen molar-refractivity contribution < 1.29 is 0 Å². The minimum atomic E-state index is 0.689. The van der Waals surface area contributed by atoms with Crippen LogP contribution in [-0.2, 0) is 0 Å². The Morgan fingerprint density at radius 1 is 1.35 bits per heavy atom. The first-order valence-electron chi connectivity index (χ1n) is 4.93. The summed E-state index contributed by atoms with van der Waals surface area (Å²) in [6.07, 6.45) is 0. The van der Waals surface area contributed by atoms with E-state index in [0.29, 0.717) is 5.16 Å². The van der Waals surface area contributed by atoms with E-state index in [2.05, 4.69) is 20.2 Å². The summed E-state index contributed by atoms with van der Waals surface area (Å²) in [4.78, 5) is 8.72. The number of nitrogen functional groups attached to an aromatic ring is 1. The lowest BCUT2D eigenvalue weighted by Gasteiger charge is -1.88. The molecule has 5 nitrogen and oxygen atoms in total. The zero-order chi connectivity index (χ0) is 11.8. The summed E-state index contributed by atoms with van der Waals surface area (Å²) in [5.74, 6) is 0.804. The maximum Gasteiger partial charge on any atom is 0.215 e. The van der Waals surface area contributed by atoms with Crippen LogP contribution in [0.15, 0.2) is 27.7 Å². The summed E-state index contributed by atoms with van der Waals surface area (Å²) in [5, 5.41) is 7.56. The van der Waals surface area contributed by atoms with E-state index in [0.717, 1.165) is 26.1 Å². The van der Waals surface area contributed by atoms with E-state index in [4.69, 9.17) is 5.73 Å². The van der Waals surface area contributed by atoms with Gasteiger partial charge < -0.3 is 5.73 Å². The maximum atomic E-state index is 5.73. The van der Waals surface area contributed by atoms with Crippen molar-refractivity contribution in [2.45, 2.75) is 16.4 Å². The fraction of sp³-hybridized carbons (Fsp3) is 0.100. The lowest BCUT2D eigenvalue weighted by Crippen LogP contribution is -1.81. The average Bonchev–Trinajstić information content (AvgIpc) is 2.84. The van der Waals surface area contributed by atoms with Crippen molar-refractivity contribution in [3.8, 4) is 0 Å². The molecule has 0 aliphatic heterocycles. The molecule has 3 rings (SSSR count). The van der Waals surface area contributed by atoms with E-state index in [1.807, 2.05) is 25.1 Å². The van der Waals surface area contributed by atoms with Crippen molar-refractivity contribution in [3.05, 3.63) is 24.0 Å². The third kappa shape index (κ3) is 2.11. The van der Waals surface area contributed by atoms with Gasteiger partial charge in [-0.25, -0.2) is 9.97 Å². The first-order chi connectivity index (χ1) is 8.20. The molecule has 0 saturated heterocycles. The van der Waals surface area contributed by atoms with Crippen LogP contribution in [0.2, 0.25) is 0 Å². The minimum Gasteiger partial charge on any atom is -0.399 e. The molecule has 17 heavy (non-hydrogen) atoms. The summed E-state index contributed by atoms with van der Waals surface area (Å²) < 4.78 is 2.00. The molecule has 0 unspecified atom stereocenters. The Morgan fingerprint density at radius 3 is 3.00 bits per heavy atom. The third-order valence-corrected chi connectivity index (χ3v) is 4.09. The number of thiazole rings is 1. The van der Waals surface area contributed by atoms with E-state index in [1.54, 1.807) is 11.3 Å². The van der Waals surface area contributed by atoms with Crippen molar-refractivity contribution in [1.82, 2.24) is 20.2 Å². The minimum absolute atomic E-state index is 0.689. The molecule has 86 valence electrons. The third-order valence-electron chi connectivity index (χ3n) is 2.15. The Balaban J connectivity index is 1.95. The molecular weight excluding hydrogens is 254 g/mol. The Labute approximate surface area is 105 Å². The van der Waals surface area contributed by atoms with Crippen molar-refractivity contribution in [2.75, 3.05) is 5.73 Å². The first-order valence-corrected chi connectivity index (χ1v) is 6.57. The number of nitrogens with one attached hydrogen (secondary N) is 1. The highest BCUT2D eigenvalue weighted by atomic mass is 32.2. The molecule has 0 aliphatic carbocycles. The van der Waals surface area contributed by atoms with E-state index < -0.39 is 0 Å². The van der Waals surface area contributed by atoms with Gasteiger partial charge in [0.1, 0.15) is 5.82 Å². The van der Waals surface area contributed by atoms with Gasteiger partial charge in [0.05, 0.1) is 10.2 Å². The molecule has 2 heterocycles. The fourth-order valence-corrected chi connectivity index (χ4v) is 3.39. The first kappa shape index (κ1) is 10.5. The predicted octanol–water partition coefficient (Wildman–Crippen LogP) is 2.46. The van der Waals surface area contributed by atoms with Crippen LogP contribution in [0.4, 0.5) is 5.69 Å². The van der Waals surface area contributed by atoms with Crippen LogP contribution in [0.3, 0.4) is 0 Å². The van der Waals surface area contributed by atoms with Crippen LogP contribution >= 0.6 is 23.1 Å². The Morgan fingerprint density at radius 2 is 2.24 bits per heavy atom. The van der Waals surface area contributed by atoms with Gasteiger partial charge in [0, 0.05) is 5.69 Å². The molecule has 3 aromatic rings. The number of fused-ring (bicyclic) bond motifs is 1. The number of aryl methyl sites for hydroxylation is 1. The van der Waals surface area contributed by atoms with Gasteiger partial charge in [-0.15, -0.1) is 16.4 Å². The zero-order valence-electron chi connectivity index (χ0n) is 8.97. The van der Waals surface area contributed by atoms with Crippen LogP contribution in [0.25, 0.3) is 10.2 Å². The van der Waals surface area contributed by atoms with Gasteiger partial charge >= 0.3 is 0 Å². The van der Waals surface area contributed by atoms with Gasteiger partial charge in [-0.05, 0) is 36.9 Å². The normalized spacial score (nSPS) is 11.1. The Bertz CT molecular complexity index is 672. The van der Waals surface area contributed by atoms with Crippen LogP contribution in [-0.4, -0.2) is 20.2 Å². The Kier molecular flexibility index (Phi) is 2.49. The van der Waals surface area contributed by atoms with Gasteiger partial charge in [0.15, 0.2) is 4.34 Å². The van der Waals surface area contributed by atoms with Gasteiger partial charge in [0.25, 0.3) is 0 Å². The quantitative estimate of drug-likeness (QED) is 0.694. The molecule has 0 bridgehead atoms. The second-order valence-electron chi connectivity index (χ2n) is 3.51. The molecule has 0 spiro atoms. The van der Waals surface area contributed by atoms with Gasteiger partial charge in [-0.1, -0.05) is 0 Å². The van der Waals surface area contributed by atoms with Gasteiger partial charge in [-0.2, -0.15) is 0 Å². The van der Waals surface area contributed by atoms with Crippen LogP contribution in [0.1, 0.15) is 5.82 Å². The molecule has 0 amide bonds. The number of benzene rings is 1. The lowest BCUT2D eigenvalue weighted by atomic mass is 10.3. The smallest absolute Gasteiger partial charge is 0.215 e. The van der Waals surface area contributed by atoms with Crippen molar-refractivity contribution >= 4 is 39.0 Å². The van der Waals surface area contributed by atoms with Gasteiger partial charge in [0.2, 0.25) is 5.16 Å². The average molecular weight is 263 g/mol. The number of nitrogens with zero attached hydrogens (tertiary/aromatic N) is 3. The van der Waals surface area contributed by atoms with E-state index >= 15 is 0 Å². The predicted molar refractivity (Wildman–Crippen MR) is 69.3 cm³/mol. The molecule has 3 N–H and O–H groups in total. The standard InChI is InChI=1S/C10H9N5S2/c1-5-12-9(15-14-5)17-10-13-7-3-2-6(11)4-8(7)16-10/h2-4H,11H2,1H3,(H,12,14,15). The number of hydrogen-bond donors (Lipinski definition) is 2. The van der Waals surface area contributed by atoms with Crippen LogP contribution in [0.5, 0.6) is 0 Å². The topological polar surface area (TPSA) is 80.5 Å². The molecule has 0 aliphatic rings. The number of hydrogen-bond acceptors (Lipinski definition) is 6. The largest absolute Gasteiger partial charge is 0.399 e. The molecule has 1 aromatic carbocycles. The number of rotatable bonds is 2. The molecular formula is C10H9N5S2. The molecule has 2 aromatic heterocycles. The van der Waals surface area contributed by atoms with Crippen LogP contribution < -0.4 is 5.73 Å². The number of anilines is 1. The number of H-pyrrole nitrogens is 1. The zero-order valence-corrected chi connectivity index (χ0v) is 10.6. The lowest BCUT2D eigenvalue weighted by molar-refractivity contribution is 0.968. The van der Waals surface area contributed by atoms with Crippen LogP contribution in [0, 0.1) is 6.92 Å². The van der Waals surface area contributed by atoms with Crippen molar-refractivity contribution in [1.29, 1.82) is 0 Å². The molecule has 0 saturated carbocycles. The van der Waals surface area contributed by atoms with Gasteiger partial charge in [-0.3, -0.25) is 5.10 Å². The summed E-state index contributed by atoms with van der Waals surface area (Å²) in [7, 11) is 0. The second kappa shape index (κ2) is 4.01. The molecule has 0 fully saturated rings. The SMILES string of the molecule is Cc1nc(Sc2nc3ccc(N)cc3s2)n[nH]1.